The highest BCUT2D eigenvalue weighted by Crippen LogP contribution is 2.23. The lowest BCUT2D eigenvalue weighted by atomic mass is 10.1. The largest absolute Gasteiger partial charge is 0.481 e. The molecule has 2 aromatic rings. The molecule has 1 atom stereocenters. The summed E-state index contributed by atoms with van der Waals surface area (Å²) in [5.41, 5.74) is -0.133. The van der Waals surface area contributed by atoms with Gasteiger partial charge < -0.3 is 15.0 Å². The molecular weight excluding hydrogens is 244 g/mol. The maximum absolute atomic E-state index is 12.0. The third kappa shape index (κ3) is 2.07. The number of carboxylic acid groups (broad SMARTS) is 1. The first-order chi connectivity index (χ1) is 9.15. The van der Waals surface area contributed by atoms with Gasteiger partial charge in [-0.1, -0.05) is 18.2 Å². The smallest absolute Gasteiger partial charge is 0.308 e. The number of carboxylic acids is 1. The van der Waals surface area contributed by atoms with Crippen molar-refractivity contribution in [1.29, 1.82) is 0 Å². The number of aromatic amines is 1. The maximum atomic E-state index is 12.0. The monoisotopic (exact) mass is 258 g/mol. The summed E-state index contributed by atoms with van der Waals surface area (Å²) in [4.78, 5) is 27.7. The van der Waals surface area contributed by atoms with E-state index in [2.05, 4.69) is 4.98 Å². The van der Waals surface area contributed by atoms with E-state index >= 15 is 0 Å². The van der Waals surface area contributed by atoms with Gasteiger partial charge in [0.2, 0.25) is 0 Å². The highest BCUT2D eigenvalue weighted by atomic mass is 16.4. The zero-order valence-corrected chi connectivity index (χ0v) is 10.3. The van der Waals surface area contributed by atoms with E-state index in [0.29, 0.717) is 30.7 Å². The van der Waals surface area contributed by atoms with Crippen molar-refractivity contribution in [2.75, 3.05) is 18.0 Å². The molecule has 0 spiro atoms. The molecule has 0 radical (unpaired) electrons. The zero-order chi connectivity index (χ0) is 13.4. The average molecular weight is 258 g/mol. The van der Waals surface area contributed by atoms with Gasteiger partial charge in [-0.15, -0.1) is 0 Å². The summed E-state index contributed by atoms with van der Waals surface area (Å²) in [6, 6.07) is 9.28. The molecule has 1 unspecified atom stereocenters. The zero-order valence-electron chi connectivity index (χ0n) is 10.3. The van der Waals surface area contributed by atoms with Crippen molar-refractivity contribution in [1.82, 2.24) is 4.98 Å². The number of pyridine rings is 1. The molecule has 0 aliphatic carbocycles. The van der Waals surface area contributed by atoms with Crippen LogP contribution in [0.15, 0.2) is 35.1 Å². The van der Waals surface area contributed by atoms with Crippen LogP contribution in [0.25, 0.3) is 10.8 Å². The van der Waals surface area contributed by atoms with Gasteiger partial charge in [-0.3, -0.25) is 9.59 Å². The Bertz CT molecular complexity index is 692. The van der Waals surface area contributed by atoms with Crippen LogP contribution < -0.4 is 10.5 Å². The predicted molar refractivity (Wildman–Crippen MR) is 72.5 cm³/mol. The van der Waals surface area contributed by atoms with Crippen molar-refractivity contribution in [2.24, 2.45) is 5.92 Å². The molecule has 98 valence electrons. The van der Waals surface area contributed by atoms with Gasteiger partial charge in [0.25, 0.3) is 5.56 Å². The Labute approximate surface area is 109 Å². The van der Waals surface area contributed by atoms with Crippen LogP contribution in [0.4, 0.5) is 5.82 Å². The summed E-state index contributed by atoms with van der Waals surface area (Å²) in [6.45, 7) is 1.11. The Kier molecular flexibility index (Phi) is 2.74. The number of fused-ring (bicyclic) bond motifs is 1. The highest BCUT2D eigenvalue weighted by Gasteiger charge is 2.28. The number of hydrogen-bond donors (Lipinski definition) is 2. The average Bonchev–Trinajstić information content (AvgIpc) is 2.88. The van der Waals surface area contributed by atoms with Crippen molar-refractivity contribution in [2.45, 2.75) is 6.42 Å². The van der Waals surface area contributed by atoms with E-state index in [-0.39, 0.29) is 11.5 Å². The molecule has 1 aromatic carbocycles. The van der Waals surface area contributed by atoms with Gasteiger partial charge in [0, 0.05) is 18.5 Å². The maximum Gasteiger partial charge on any atom is 0.308 e. The Hall–Kier alpha value is -2.30. The van der Waals surface area contributed by atoms with E-state index in [1.54, 1.807) is 6.07 Å². The fourth-order valence-electron chi connectivity index (χ4n) is 2.55. The quantitative estimate of drug-likeness (QED) is 0.854. The number of hydrogen-bond acceptors (Lipinski definition) is 3. The van der Waals surface area contributed by atoms with Gasteiger partial charge in [-0.25, -0.2) is 0 Å². The lowest BCUT2D eigenvalue weighted by Gasteiger charge is -2.17. The van der Waals surface area contributed by atoms with Gasteiger partial charge in [-0.2, -0.15) is 0 Å². The van der Waals surface area contributed by atoms with E-state index in [0.717, 1.165) is 5.39 Å². The SMILES string of the molecule is O=C(O)C1CCN(c2cc3ccccc3c(=O)[nH]2)C1. The van der Waals surface area contributed by atoms with E-state index in [1.165, 1.54) is 0 Å². The van der Waals surface area contributed by atoms with E-state index in [4.69, 9.17) is 5.11 Å². The molecule has 3 rings (SSSR count). The molecule has 1 saturated heterocycles. The van der Waals surface area contributed by atoms with Crippen LogP contribution in [-0.2, 0) is 4.79 Å². The number of nitrogens with one attached hydrogen (secondary N) is 1. The number of aromatic nitrogens is 1. The van der Waals surface area contributed by atoms with Crippen molar-refractivity contribution < 1.29 is 9.90 Å². The predicted octanol–water partition coefficient (Wildman–Crippen LogP) is 1.44. The summed E-state index contributed by atoms with van der Waals surface area (Å²) in [5, 5.41) is 10.5. The van der Waals surface area contributed by atoms with Crippen molar-refractivity contribution >= 4 is 22.6 Å². The van der Waals surface area contributed by atoms with Gasteiger partial charge in [0.15, 0.2) is 0 Å². The molecule has 1 aliphatic rings. The van der Waals surface area contributed by atoms with Crippen molar-refractivity contribution in [3.63, 3.8) is 0 Å². The number of rotatable bonds is 2. The first-order valence-corrected chi connectivity index (χ1v) is 6.25. The minimum atomic E-state index is -0.773. The molecular formula is C14H14N2O3. The second kappa shape index (κ2) is 4.42. The minimum absolute atomic E-state index is 0.133. The Balaban J connectivity index is 1.98. The third-order valence-electron chi connectivity index (χ3n) is 3.62. The van der Waals surface area contributed by atoms with Gasteiger partial charge in [0.05, 0.1) is 5.92 Å². The fraction of sp³-hybridized carbons (Fsp3) is 0.286. The van der Waals surface area contributed by atoms with Crippen LogP contribution in [0.2, 0.25) is 0 Å². The molecule has 2 N–H and O–H groups in total. The van der Waals surface area contributed by atoms with Crippen LogP contribution in [-0.4, -0.2) is 29.1 Å². The second-order valence-corrected chi connectivity index (χ2v) is 4.84. The Morgan fingerprint density at radius 1 is 1.37 bits per heavy atom. The van der Waals surface area contributed by atoms with Gasteiger partial charge >= 0.3 is 5.97 Å². The summed E-state index contributed by atoms with van der Waals surface area (Å²) >= 11 is 0. The van der Waals surface area contributed by atoms with Gasteiger partial charge in [-0.05, 0) is 23.9 Å². The first-order valence-electron chi connectivity index (χ1n) is 6.25. The number of nitrogens with zero attached hydrogens (tertiary/aromatic N) is 1. The number of carbonyl (C=O) groups is 1. The molecule has 2 heterocycles. The third-order valence-corrected chi connectivity index (χ3v) is 3.62. The van der Waals surface area contributed by atoms with Crippen LogP contribution in [0, 0.1) is 5.92 Å². The number of anilines is 1. The molecule has 5 nitrogen and oxygen atoms in total. The van der Waals surface area contributed by atoms with E-state index < -0.39 is 5.97 Å². The fourth-order valence-corrected chi connectivity index (χ4v) is 2.55. The van der Waals surface area contributed by atoms with Crippen LogP contribution in [0.5, 0.6) is 0 Å². The van der Waals surface area contributed by atoms with E-state index in [9.17, 15) is 9.59 Å². The van der Waals surface area contributed by atoms with Gasteiger partial charge in [0.1, 0.15) is 5.82 Å². The summed E-state index contributed by atoms with van der Waals surface area (Å²) in [6.07, 6.45) is 0.615. The molecule has 1 aliphatic heterocycles. The second-order valence-electron chi connectivity index (χ2n) is 4.84. The molecule has 5 heteroatoms. The molecule has 1 aromatic heterocycles. The van der Waals surface area contributed by atoms with Crippen LogP contribution in [0.3, 0.4) is 0 Å². The Morgan fingerprint density at radius 3 is 2.89 bits per heavy atom. The summed E-state index contributed by atoms with van der Waals surface area (Å²) in [7, 11) is 0. The van der Waals surface area contributed by atoms with Crippen molar-refractivity contribution in [3.8, 4) is 0 Å². The minimum Gasteiger partial charge on any atom is -0.481 e. The lowest BCUT2D eigenvalue weighted by Crippen LogP contribution is -2.25. The highest BCUT2D eigenvalue weighted by molar-refractivity contribution is 5.84. The first kappa shape index (κ1) is 11.8. The Morgan fingerprint density at radius 2 is 2.16 bits per heavy atom. The van der Waals surface area contributed by atoms with Crippen LogP contribution in [0.1, 0.15) is 6.42 Å². The van der Waals surface area contributed by atoms with Crippen LogP contribution >= 0.6 is 0 Å². The number of benzene rings is 1. The summed E-state index contributed by atoms with van der Waals surface area (Å²) in [5.74, 6) is -0.423. The molecule has 0 saturated carbocycles. The number of H-pyrrole nitrogens is 1. The molecule has 0 amide bonds. The molecule has 0 bridgehead atoms. The molecule has 19 heavy (non-hydrogen) atoms. The van der Waals surface area contributed by atoms with Crippen molar-refractivity contribution in [3.05, 3.63) is 40.7 Å². The lowest BCUT2D eigenvalue weighted by molar-refractivity contribution is -0.140. The number of aliphatic carboxylic acids is 1. The molecule has 1 fully saturated rings. The summed E-state index contributed by atoms with van der Waals surface area (Å²) < 4.78 is 0. The standard InChI is InChI=1S/C14H14N2O3/c17-13-11-4-2-1-3-9(11)7-12(15-13)16-6-5-10(8-16)14(18)19/h1-4,7,10H,5-6,8H2,(H,15,17)(H,18,19). The topological polar surface area (TPSA) is 73.4 Å². The normalized spacial score (nSPS) is 18.9. The van der Waals surface area contributed by atoms with E-state index in [1.807, 2.05) is 29.2 Å².